The molecule has 1 aliphatic rings. The van der Waals surface area contributed by atoms with Gasteiger partial charge in [0.15, 0.2) is 18.3 Å². The molecule has 0 aliphatic carbocycles. The first-order valence-electron chi connectivity index (χ1n) is 10.1. The molecular formula is C21H34O9. The first-order valence-corrected chi connectivity index (χ1v) is 10.1. The van der Waals surface area contributed by atoms with Gasteiger partial charge in [-0.15, -0.1) is 0 Å². The molecule has 5 unspecified atom stereocenters. The minimum absolute atomic E-state index is 0.0955. The zero-order chi connectivity index (χ0) is 23.1. The van der Waals surface area contributed by atoms with Gasteiger partial charge >= 0.3 is 23.9 Å². The second-order valence-electron chi connectivity index (χ2n) is 8.69. The van der Waals surface area contributed by atoms with Gasteiger partial charge in [-0.1, -0.05) is 27.2 Å². The Hall–Kier alpha value is -2.16. The van der Waals surface area contributed by atoms with E-state index in [2.05, 4.69) is 20.8 Å². The quantitative estimate of drug-likeness (QED) is 0.423. The Labute approximate surface area is 177 Å². The lowest BCUT2D eigenvalue weighted by Gasteiger charge is -2.44. The molecule has 0 radical (unpaired) electrons. The molecule has 0 spiro atoms. The van der Waals surface area contributed by atoms with E-state index in [1.165, 1.54) is 27.7 Å². The largest absolute Gasteiger partial charge is 0.463 e. The van der Waals surface area contributed by atoms with Crippen LogP contribution in [0.3, 0.4) is 0 Å². The average molecular weight is 430 g/mol. The molecule has 9 heteroatoms. The molecule has 1 fully saturated rings. The van der Waals surface area contributed by atoms with E-state index in [-0.39, 0.29) is 12.0 Å². The van der Waals surface area contributed by atoms with Crippen LogP contribution in [0, 0.1) is 5.41 Å². The standard InChI is InChI=1S/C21H34O9/c1-12(22)26-11-17-19(28-14(3)24)20(29-15(4)25)18(27-13(2)23)16(30-17)9-8-10-21(5,6)7/h16-20H,8-11H2,1-7H3. The summed E-state index contributed by atoms with van der Waals surface area (Å²) in [6.07, 6.45) is -2.52. The monoisotopic (exact) mass is 430 g/mol. The Morgan fingerprint density at radius 1 is 0.733 bits per heavy atom. The van der Waals surface area contributed by atoms with Crippen molar-refractivity contribution in [2.45, 2.75) is 98.2 Å². The van der Waals surface area contributed by atoms with E-state index in [9.17, 15) is 19.2 Å². The average Bonchev–Trinajstić information content (AvgIpc) is 2.55. The van der Waals surface area contributed by atoms with Gasteiger partial charge in [-0.25, -0.2) is 0 Å². The Balaban J connectivity index is 3.22. The first-order chi connectivity index (χ1) is 13.8. The van der Waals surface area contributed by atoms with Crippen LogP contribution >= 0.6 is 0 Å². The highest BCUT2D eigenvalue weighted by molar-refractivity contribution is 5.68. The van der Waals surface area contributed by atoms with Crippen LogP contribution in [-0.4, -0.2) is 61.0 Å². The zero-order valence-corrected chi connectivity index (χ0v) is 18.9. The fourth-order valence-electron chi connectivity index (χ4n) is 3.38. The Morgan fingerprint density at radius 2 is 1.20 bits per heavy atom. The predicted molar refractivity (Wildman–Crippen MR) is 105 cm³/mol. The minimum atomic E-state index is -1.10. The molecule has 0 aromatic carbocycles. The molecule has 9 nitrogen and oxygen atoms in total. The number of carbonyl (C=O) groups excluding carboxylic acids is 4. The zero-order valence-electron chi connectivity index (χ0n) is 18.9. The number of ether oxygens (including phenoxy) is 5. The van der Waals surface area contributed by atoms with E-state index in [4.69, 9.17) is 23.7 Å². The summed E-state index contributed by atoms with van der Waals surface area (Å²) in [6, 6.07) is 0. The highest BCUT2D eigenvalue weighted by Crippen LogP contribution is 2.32. The fourth-order valence-corrected chi connectivity index (χ4v) is 3.38. The van der Waals surface area contributed by atoms with E-state index in [0.29, 0.717) is 6.42 Å². The number of hydrogen-bond acceptors (Lipinski definition) is 9. The molecule has 0 N–H and O–H groups in total. The van der Waals surface area contributed by atoms with Gasteiger partial charge in [-0.2, -0.15) is 0 Å². The van der Waals surface area contributed by atoms with Crippen molar-refractivity contribution in [3.05, 3.63) is 0 Å². The third-order valence-corrected chi connectivity index (χ3v) is 4.50. The molecule has 5 atom stereocenters. The van der Waals surface area contributed by atoms with Gasteiger partial charge in [0.2, 0.25) is 0 Å². The third-order valence-electron chi connectivity index (χ3n) is 4.50. The summed E-state index contributed by atoms with van der Waals surface area (Å²) in [7, 11) is 0. The lowest BCUT2D eigenvalue weighted by atomic mass is 9.86. The summed E-state index contributed by atoms with van der Waals surface area (Å²) >= 11 is 0. The van der Waals surface area contributed by atoms with Gasteiger partial charge in [0, 0.05) is 27.7 Å². The SMILES string of the molecule is CC(=O)OCC1OC(CCCC(C)(C)C)C(OC(C)=O)C(OC(C)=O)C1OC(C)=O. The molecule has 1 rings (SSSR count). The van der Waals surface area contributed by atoms with Crippen molar-refractivity contribution in [2.75, 3.05) is 6.61 Å². The Morgan fingerprint density at radius 3 is 1.63 bits per heavy atom. The lowest BCUT2D eigenvalue weighted by Crippen LogP contribution is -2.62. The van der Waals surface area contributed by atoms with Crippen molar-refractivity contribution in [3.63, 3.8) is 0 Å². The van der Waals surface area contributed by atoms with Crippen molar-refractivity contribution in [3.8, 4) is 0 Å². The molecule has 1 heterocycles. The van der Waals surface area contributed by atoms with Gasteiger partial charge in [0.05, 0.1) is 6.10 Å². The van der Waals surface area contributed by atoms with Crippen LogP contribution in [-0.2, 0) is 42.9 Å². The Bertz CT molecular complexity index is 622. The van der Waals surface area contributed by atoms with E-state index in [0.717, 1.165) is 12.8 Å². The smallest absolute Gasteiger partial charge is 0.303 e. The van der Waals surface area contributed by atoms with Crippen molar-refractivity contribution < 1.29 is 42.9 Å². The maximum Gasteiger partial charge on any atom is 0.303 e. The molecule has 0 amide bonds. The van der Waals surface area contributed by atoms with E-state index >= 15 is 0 Å². The number of carbonyl (C=O) groups is 4. The van der Waals surface area contributed by atoms with Crippen molar-refractivity contribution in [2.24, 2.45) is 5.41 Å². The van der Waals surface area contributed by atoms with E-state index in [1.807, 2.05) is 0 Å². The fraction of sp³-hybridized carbons (Fsp3) is 0.810. The van der Waals surface area contributed by atoms with Gasteiger partial charge < -0.3 is 23.7 Å². The van der Waals surface area contributed by atoms with Gasteiger partial charge in [0.25, 0.3) is 0 Å². The summed E-state index contributed by atoms with van der Waals surface area (Å²) < 4.78 is 27.3. The molecule has 1 aliphatic heterocycles. The van der Waals surface area contributed by atoms with Crippen LogP contribution in [0.5, 0.6) is 0 Å². The van der Waals surface area contributed by atoms with E-state index in [1.54, 1.807) is 0 Å². The van der Waals surface area contributed by atoms with Crippen LogP contribution < -0.4 is 0 Å². The Kier molecular flexibility index (Phi) is 9.74. The highest BCUT2D eigenvalue weighted by Gasteiger charge is 2.51. The summed E-state index contributed by atoms with van der Waals surface area (Å²) in [5.74, 6) is -2.38. The van der Waals surface area contributed by atoms with Gasteiger partial charge in [-0.05, 0) is 18.3 Å². The lowest BCUT2D eigenvalue weighted by molar-refractivity contribution is -0.253. The molecule has 1 saturated heterocycles. The third kappa shape index (κ3) is 9.11. The normalized spacial score (nSPS) is 26.4. The van der Waals surface area contributed by atoms with Crippen LogP contribution in [0.4, 0.5) is 0 Å². The topological polar surface area (TPSA) is 114 Å². The van der Waals surface area contributed by atoms with Gasteiger partial charge in [0.1, 0.15) is 12.7 Å². The molecule has 0 aromatic heterocycles. The van der Waals surface area contributed by atoms with Crippen molar-refractivity contribution in [1.29, 1.82) is 0 Å². The molecule has 172 valence electrons. The van der Waals surface area contributed by atoms with Crippen LogP contribution in [0.25, 0.3) is 0 Å². The van der Waals surface area contributed by atoms with Crippen LogP contribution in [0.1, 0.15) is 67.7 Å². The molecule has 0 aromatic rings. The second kappa shape index (κ2) is 11.3. The molecule has 0 bridgehead atoms. The van der Waals surface area contributed by atoms with Crippen LogP contribution in [0.2, 0.25) is 0 Å². The highest BCUT2D eigenvalue weighted by atomic mass is 16.7. The maximum absolute atomic E-state index is 11.8. The maximum atomic E-state index is 11.8. The molecule has 0 saturated carbocycles. The van der Waals surface area contributed by atoms with Crippen LogP contribution in [0.15, 0.2) is 0 Å². The second-order valence-corrected chi connectivity index (χ2v) is 8.69. The summed E-state index contributed by atoms with van der Waals surface area (Å²) in [5.41, 5.74) is 0.0955. The summed E-state index contributed by atoms with van der Waals surface area (Å²) in [6.45, 7) is 11.0. The van der Waals surface area contributed by atoms with E-state index < -0.39 is 54.4 Å². The summed E-state index contributed by atoms with van der Waals surface area (Å²) in [4.78, 5) is 46.5. The minimum Gasteiger partial charge on any atom is -0.463 e. The first kappa shape index (κ1) is 25.9. The summed E-state index contributed by atoms with van der Waals surface area (Å²) in [5, 5.41) is 0. The molecule has 30 heavy (non-hydrogen) atoms. The predicted octanol–water partition coefficient (Wildman–Crippen LogP) is 2.33. The van der Waals surface area contributed by atoms with Crippen molar-refractivity contribution in [1.82, 2.24) is 0 Å². The molecular weight excluding hydrogens is 396 g/mol. The number of hydrogen-bond donors (Lipinski definition) is 0. The van der Waals surface area contributed by atoms with Gasteiger partial charge in [-0.3, -0.25) is 19.2 Å². The van der Waals surface area contributed by atoms with Crippen molar-refractivity contribution >= 4 is 23.9 Å². The number of esters is 4. The number of rotatable bonds is 8.